The Kier molecular flexibility index (Phi) is 4.01. The van der Waals surface area contributed by atoms with E-state index < -0.39 is 0 Å². The molecule has 1 atom stereocenters. The lowest BCUT2D eigenvalue weighted by atomic mass is 9.89. The first-order chi connectivity index (χ1) is 7.34. The molecule has 0 aromatic heterocycles. The highest BCUT2D eigenvalue weighted by Gasteiger charge is 2.19. The van der Waals surface area contributed by atoms with E-state index in [1.54, 1.807) is 0 Å². The zero-order valence-corrected chi connectivity index (χ0v) is 9.43. The Labute approximate surface area is 92.0 Å². The van der Waals surface area contributed by atoms with Crippen LogP contribution in [0.4, 0.5) is 0 Å². The number of amides is 1. The van der Waals surface area contributed by atoms with E-state index in [4.69, 9.17) is 0 Å². The van der Waals surface area contributed by atoms with E-state index in [0.29, 0.717) is 12.5 Å². The molecule has 1 saturated carbocycles. The average molecular weight is 210 g/mol. The molecule has 3 heteroatoms. The van der Waals surface area contributed by atoms with Crippen molar-refractivity contribution in [3.63, 3.8) is 0 Å². The van der Waals surface area contributed by atoms with Crippen LogP contribution in [-0.4, -0.2) is 25.0 Å². The summed E-state index contributed by atoms with van der Waals surface area (Å²) in [5, 5.41) is 6.52. The molecule has 2 N–H and O–H groups in total. The molecule has 86 valence electrons. The van der Waals surface area contributed by atoms with Crippen LogP contribution in [0.15, 0.2) is 0 Å². The van der Waals surface area contributed by atoms with E-state index in [9.17, 15) is 4.79 Å². The van der Waals surface area contributed by atoms with Gasteiger partial charge < -0.3 is 10.6 Å². The Hall–Kier alpha value is -0.570. The highest BCUT2D eigenvalue weighted by molar-refractivity contribution is 5.76. The van der Waals surface area contributed by atoms with Gasteiger partial charge in [-0.2, -0.15) is 0 Å². The summed E-state index contributed by atoms with van der Waals surface area (Å²) in [5.41, 5.74) is 0. The van der Waals surface area contributed by atoms with Crippen LogP contribution in [-0.2, 0) is 4.79 Å². The number of carbonyl (C=O) groups is 1. The molecule has 1 heterocycles. The molecule has 1 unspecified atom stereocenters. The third kappa shape index (κ3) is 3.49. The first kappa shape index (κ1) is 10.9. The molecule has 1 aliphatic carbocycles. The van der Waals surface area contributed by atoms with Gasteiger partial charge in [-0.1, -0.05) is 19.3 Å². The molecule has 0 aromatic rings. The van der Waals surface area contributed by atoms with Gasteiger partial charge in [0.1, 0.15) is 0 Å². The molecule has 2 fully saturated rings. The van der Waals surface area contributed by atoms with Crippen molar-refractivity contribution in [2.24, 2.45) is 5.92 Å². The van der Waals surface area contributed by atoms with Crippen molar-refractivity contribution in [3.8, 4) is 0 Å². The predicted octanol–water partition coefficient (Wildman–Crippen LogP) is 1.43. The third-order valence-electron chi connectivity index (χ3n) is 3.69. The number of hydrogen-bond acceptors (Lipinski definition) is 2. The van der Waals surface area contributed by atoms with Crippen molar-refractivity contribution in [2.45, 2.75) is 51.0 Å². The van der Waals surface area contributed by atoms with E-state index in [0.717, 1.165) is 25.4 Å². The van der Waals surface area contributed by atoms with Crippen molar-refractivity contribution in [1.82, 2.24) is 10.6 Å². The fourth-order valence-corrected chi connectivity index (χ4v) is 2.63. The second-order valence-corrected chi connectivity index (χ2v) is 4.95. The minimum atomic E-state index is 0.214. The van der Waals surface area contributed by atoms with Gasteiger partial charge >= 0.3 is 0 Å². The molecule has 0 radical (unpaired) electrons. The van der Waals surface area contributed by atoms with Crippen molar-refractivity contribution in [3.05, 3.63) is 0 Å². The minimum absolute atomic E-state index is 0.214. The Morgan fingerprint density at radius 1 is 1.20 bits per heavy atom. The molecule has 1 aliphatic heterocycles. The highest BCUT2D eigenvalue weighted by Crippen LogP contribution is 2.23. The van der Waals surface area contributed by atoms with Gasteiger partial charge in [0.2, 0.25) is 5.91 Å². The van der Waals surface area contributed by atoms with Crippen molar-refractivity contribution in [1.29, 1.82) is 0 Å². The van der Waals surface area contributed by atoms with Gasteiger partial charge in [0, 0.05) is 19.0 Å². The van der Waals surface area contributed by atoms with Gasteiger partial charge in [0.15, 0.2) is 0 Å². The molecule has 0 bridgehead atoms. The molecule has 2 rings (SSSR count). The van der Waals surface area contributed by atoms with Crippen LogP contribution >= 0.6 is 0 Å². The predicted molar refractivity (Wildman–Crippen MR) is 60.6 cm³/mol. The van der Waals surface area contributed by atoms with Gasteiger partial charge in [0.05, 0.1) is 0 Å². The fraction of sp³-hybridized carbons (Fsp3) is 0.917. The third-order valence-corrected chi connectivity index (χ3v) is 3.69. The van der Waals surface area contributed by atoms with Gasteiger partial charge in [-0.05, 0) is 31.7 Å². The lowest BCUT2D eigenvalue weighted by Gasteiger charge is -2.27. The van der Waals surface area contributed by atoms with Crippen LogP contribution in [0.25, 0.3) is 0 Å². The molecular weight excluding hydrogens is 188 g/mol. The monoisotopic (exact) mass is 210 g/mol. The number of hydrogen-bond donors (Lipinski definition) is 2. The smallest absolute Gasteiger partial charge is 0.220 e. The van der Waals surface area contributed by atoms with Crippen LogP contribution in [0.3, 0.4) is 0 Å². The Bertz CT molecular complexity index is 202. The van der Waals surface area contributed by atoms with E-state index in [1.807, 2.05) is 0 Å². The zero-order valence-electron chi connectivity index (χ0n) is 9.43. The molecule has 3 nitrogen and oxygen atoms in total. The van der Waals surface area contributed by atoms with E-state index in [1.165, 1.54) is 32.1 Å². The first-order valence-corrected chi connectivity index (χ1v) is 6.34. The number of piperidine rings is 1. The van der Waals surface area contributed by atoms with E-state index >= 15 is 0 Å². The van der Waals surface area contributed by atoms with Crippen LogP contribution in [0.1, 0.15) is 44.9 Å². The molecular formula is C12H22N2O. The van der Waals surface area contributed by atoms with E-state index in [2.05, 4.69) is 10.6 Å². The molecule has 1 saturated heterocycles. The minimum Gasteiger partial charge on any atom is -0.355 e. The summed E-state index contributed by atoms with van der Waals surface area (Å²) >= 11 is 0. The maximum absolute atomic E-state index is 11.0. The Morgan fingerprint density at radius 3 is 2.67 bits per heavy atom. The summed E-state index contributed by atoms with van der Waals surface area (Å²) in [4.78, 5) is 11.0. The highest BCUT2D eigenvalue weighted by atomic mass is 16.1. The van der Waals surface area contributed by atoms with Gasteiger partial charge in [-0.15, -0.1) is 0 Å². The van der Waals surface area contributed by atoms with Crippen LogP contribution in [0, 0.1) is 5.92 Å². The lowest BCUT2D eigenvalue weighted by molar-refractivity contribution is -0.122. The lowest BCUT2D eigenvalue weighted by Crippen LogP contribution is -2.47. The summed E-state index contributed by atoms with van der Waals surface area (Å²) in [5.74, 6) is 1.10. The molecule has 0 spiro atoms. The van der Waals surface area contributed by atoms with Gasteiger partial charge in [-0.25, -0.2) is 0 Å². The van der Waals surface area contributed by atoms with Gasteiger partial charge in [-0.3, -0.25) is 4.79 Å². The van der Waals surface area contributed by atoms with Crippen LogP contribution in [0.2, 0.25) is 0 Å². The summed E-state index contributed by atoms with van der Waals surface area (Å²) in [6, 6.07) is 0.518. The topological polar surface area (TPSA) is 41.1 Å². The second kappa shape index (κ2) is 5.50. The zero-order chi connectivity index (χ0) is 10.5. The quantitative estimate of drug-likeness (QED) is 0.740. The van der Waals surface area contributed by atoms with Crippen molar-refractivity contribution in [2.75, 3.05) is 13.1 Å². The van der Waals surface area contributed by atoms with Crippen LogP contribution in [0.5, 0.6) is 0 Å². The second-order valence-electron chi connectivity index (χ2n) is 4.95. The summed E-state index contributed by atoms with van der Waals surface area (Å²) < 4.78 is 0. The summed E-state index contributed by atoms with van der Waals surface area (Å²) in [6.07, 6.45) is 8.75. The number of carbonyl (C=O) groups excluding carboxylic acids is 1. The molecule has 1 amide bonds. The summed E-state index contributed by atoms with van der Waals surface area (Å²) in [7, 11) is 0. The average Bonchev–Trinajstić information content (AvgIpc) is 2.30. The molecule has 15 heavy (non-hydrogen) atoms. The number of nitrogens with one attached hydrogen (secondary N) is 2. The van der Waals surface area contributed by atoms with Crippen molar-refractivity contribution < 1.29 is 4.79 Å². The largest absolute Gasteiger partial charge is 0.355 e. The van der Waals surface area contributed by atoms with Gasteiger partial charge in [0.25, 0.3) is 0 Å². The first-order valence-electron chi connectivity index (χ1n) is 6.34. The Morgan fingerprint density at radius 2 is 2.00 bits per heavy atom. The molecule has 0 aromatic carbocycles. The maximum Gasteiger partial charge on any atom is 0.220 e. The maximum atomic E-state index is 11.0. The SMILES string of the molecule is O=C1CCC(NCC2CCCCC2)CN1. The molecule has 2 aliphatic rings. The van der Waals surface area contributed by atoms with Crippen molar-refractivity contribution >= 4 is 5.91 Å². The Balaban J connectivity index is 1.62. The number of rotatable bonds is 3. The summed E-state index contributed by atoms with van der Waals surface area (Å²) in [6.45, 7) is 1.98. The fourth-order valence-electron chi connectivity index (χ4n) is 2.63. The standard InChI is InChI=1S/C12H22N2O/c15-12-7-6-11(9-14-12)13-8-10-4-2-1-3-5-10/h10-11,13H,1-9H2,(H,14,15). The normalized spacial score (nSPS) is 28.8. The van der Waals surface area contributed by atoms with E-state index in [-0.39, 0.29) is 5.91 Å². The van der Waals surface area contributed by atoms with Crippen LogP contribution < -0.4 is 10.6 Å².